The molecule has 0 saturated heterocycles. The van der Waals surface area contributed by atoms with Crippen molar-refractivity contribution in [3.63, 3.8) is 0 Å². The second-order valence-corrected chi connectivity index (χ2v) is 6.37. The van der Waals surface area contributed by atoms with Gasteiger partial charge in [-0.15, -0.1) is 0 Å². The quantitative estimate of drug-likeness (QED) is 0.883. The van der Waals surface area contributed by atoms with Crippen molar-refractivity contribution >= 4 is 5.91 Å². The number of nitrogens with one attached hydrogen (secondary N) is 1. The van der Waals surface area contributed by atoms with Crippen LogP contribution in [0.3, 0.4) is 0 Å². The molecule has 2 aromatic carbocycles. The van der Waals surface area contributed by atoms with E-state index in [1.54, 1.807) is 6.07 Å². The van der Waals surface area contributed by atoms with Crippen LogP contribution in [0, 0.1) is 5.82 Å². The summed E-state index contributed by atoms with van der Waals surface area (Å²) in [5, 5.41) is 13.0. The van der Waals surface area contributed by atoms with Crippen LogP contribution in [-0.4, -0.2) is 17.6 Å². The largest absolute Gasteiger partial charge is 0.388 e. The molecule has 2 aromatic rings. The Morgan fingerprint density at radius 2 is 2.08 bits per heavy atom. The van der Waals surface area contributed by atoms with Gasteiger partial charge >= 0.3 is 0 Å². The number of halogens is 1. The van der Waals surface area contributed by atoms with E-state index in [0.717, 1.165) is 19.3 Å². The highest BCUT2D eigenvalue weighted by Gasteiger charge is 2.21. The van der Waals surface area contributed by atoms with Crippen LogP contribution in [-0.2, 0) is 11.2 Å². The fourth-order valence-corrected chi connectivity index (χ4v) is 3.38. The number of fused-ring (bicyclic) bond motifs is 1. The van der Waals surface area contributed by atoms with Crippen molar-refractivity contribution in [2.24, 2.45) is 0 Å². The van der Waals surface area contributed by atoms with Crippen LogP contribution in [0.1, 0.15) is 48.0 Å². The van der Waals surface area contributed by atoms with Gasteiger partial charge in [0.2, 0.25) is 5.91 Å². The summed E-state index contributed by atoms with van der Waals surface area (Å²) in [6.07, 6.45) is 2.24. The summed E-state index contributed by atoms with van der Waals surface area (Å²) in [6, 6.07) is 14.1. The lowest BCUT2D eigenvalue weighted by Crippen LogP contribution is -2.30. The monoisotopic (exact) mass is 327 g/mol. The van der Waals surface area contributed by atoms with E-state index in [4.69, 9.17) is 0 Å². The first-order valence-corrected chi connectivity index (χ1v) is 8.41. The van der Waals surface area contributed by atoms with Crippen LogP contribution >= 0.6 is 0 Å². The number of hydrogen-bond acceptors (Lipinski definition) is 2. The van der Waals surface area contributed by atoms with Crippen LogP contribution in [0.2, 0.25) is 0 Å². The summed E-state index contributed by atoms with van der Waals surface area (Å²) in [6.45, 7) is 0.575. The second kappa shape index (κ2) is 7.58. The molecular weight excluding hydrogens is 305 g/mol. The first-order valence-electron chi connectivity index (χ1n) is 8.41. The normalized spacial score (nSPS) is 17.8. The van der Waals surface area contributed by atoms with Gasteiger partial charge in [0, 0.05) is 12.5 Å². The maximum atomic E-state index is 13.2. The minimum atomic E-state index is -0.987. The molecule has 2 N–H and O–H groups in total. The van der Waals surface area contributed by atoms with Crippen molar-refractivity contribution in [3.8, 4) is 0 Å². The molecule has 4 heteroatoms. The Labute approximate surface area is 141 Å². The topological polar surface area (TPSA) is 49.3 Å². The number of aryl methyl sites for hydroxylation is 1. The second-order valence-electron chi connectivity index (χ2n) is 6.37. The van der Waals surface area contributed by atoms with Crippen LogP contribution in [0.25, 0.3) is 0 Å². The van der Waals surface area contributed by atoms with Gasteiger partial charge < -0.3 is 10.4 Å². The van der Waals surface area contributed by atoms with Crippen molar-refractivity contribution < 1.29 is 14.3 Å². The number of amides is 1. The highest BCUT2D eigenvalue weighted by molar-refractivity contribution is 5.76. The van der Waals surface area contributed by atoms with Crippen molar-refractivity contribution in [3.05, 3.63) is 71.0 Å². The van der Waals surface area contributed by atoms with Gasteiger partial charge in [0.25, 0.3) is 0 Å². The minimum Gasteiger partial charge on any atom is -0.388 e. The molecule has 3 rings (SSSR count). The maximum Gasteiger partial charge on any atom is 0.222 e. The Morgan fingerprint density at radius 3 is 2.92 bits per heavy atom. The van der Waals surface area contributed by atoms with Crippen molar-refractivity contribution in [2.45, 2.75) is 37.7 Å². The van der Waals surface area contributed by atoms with E-state index in [9.17, 15) is 14.3 Å². The SMILES string of the molecule is O=C(CC(O)c1cccc(F)c1)NCC1CCCc2ccccc21. The highest BCUT2D eigenvalue weighted by Crippen LogP contribution is 2.30. The number of benzene rings is 2. The third-order valence-corrected chi connectivity index (χ3v) is 4.65. The molecule has 0 heterocycles. The Hall–Kier alpha value is -2.20. The lowest BCUT2D eigenvalue weighted by Gasteiger charge is -2.25. The summed E-state index contributed by atoms with van der Waals surface area (Å²) in [4.78, 5) is 12.1. The molecule has 2 unspecified atom stereocenters. The van der Waals surface area contributed by atoms with E-state index < -0.39 is 11.9 Å². The van der Waals surface area contributed by atoms with Crippen LogP contribution in [0.4, 0.5) is 4.39 Å². The first-order chi connectivity index (χ1) is 11.6. The number of aliphatic hydroxyl groups is 1. The Bertz CT molecular complexity index is 716. The van der Waals surface area contributed by atoms with E-state index in [-0.39, 0.29) is 12.3 Å². The maximum absolute atomic E-state index is 13.2. The van der Waals surface area contributed by atoms with Crippen molar-refractivity contribution in [1.82, 2.24) is 5.32 Å². The van der Waals surface area contributed by atoms with Crippen molar-refractivity contribution in [2.75, 3.05) is 6.54 Å². The molecule has 0 saturated carbocycles. The number of carbonyl (C=O) groups excluding carboxylic acids is 1. The molecule has 1 aliphatic carbocycles. The molecular formula is C20H22FNO2. The third-order valence-electron chi connectivity index (χ3n) is 4.65. The van der Waals surface area contributed by atoms with Crippen LogP contribution < -0.4 is 5.32 Å². The molecule has 2 atom stereocenters. The van der Waals surface area contributed by atoms with Gasteiger partial charge in [0.05, 0.1) is 12.5 Å². The van der Waals surface area contributed by atoms with Crippen molar-refractivity contribution in [1.29, 1.82) is 0 Å². The smallest absolute Gasteiger partial charge is 0.222 e. The first kappa shape index (κ1) is 16.7. The molecule has 1 aliphatic rings. The molecule has 0 bridgehead atoms. The van der Waals surface area contributed by atoms with Gasteiger partial charge in [-0.05, 0) is 48.1 Å². The van der Waals surface area contributed by atoms with E-state index >= 15 is 0 Å². The summed E-state index contributed by atoms with van der Waals surface area (Å²) in [5.74, 6) is -0.300. The Morgan fingerprint density at radius 1 is 1.25 bits per heavy atom. The number of aliphatic hydroxyl groups excluding tert-OH is 1. The van der Waals surface area contributed by atoms with Gasteiger partial charge in [-0.2, -0.15) is 0 Å². The predicted octanol–water partition coefficient (Wildman–Crippen LogP) is 3.49. The van der Waals surface area contributed by atoms with Gasteiger partial charge in [0.15, 0.2) is 0 Å². The molecule has 0 aliphatic heterocycles. The molecule has 126 valence electrons. The molecule has 0 spiro atoms. The average Bonchev–Trinajstić information content (AvgIpc) is 2.60. The van der Waals surface area contributed by atoms with Gasteiger partial charge in [-0.1, -0.05) is 36.4 Å². The number of hydrogen-bond donors (Lipinski definition) is 2. The fraction of sp³-hybridized carbons (Fsp3) is 0.350. The Balaban J connectivity index is 1.55. The highest BCUT2D eigenvalue weighted by atomic mass is 19.1. The van der Waals surface area contributed by atoms with E-state index in [1.165, 1.54) is 29.3 Å². The van der Waals surface area contributed by atoms with Gasteiger partial charge in [-0.3, -0.25) is 4.79 Å². The molecule has 0 fully saturated rings. The van der Waals surface area contributed by atoms with Gasteiger partial charge in [0.1, 0.15) is 5.82 Å². The lowest BCUT2D eigenvalue weighted by atomic mass is 9.83. The van der Waals surface area contributed by atoms with Crippen LogP contribution in [0.15, 0.2) is 48.5 Å². The molecule has 1 amide bonds. The summed E-state index contributed by atoms with van der Waals surface area (Å²) in [7, 11) is 0. The Kier molecular flexibility index (Phi) is 5.26. The third kappa shape index (κ3) is 4.01. The standard InChI is InChI=1S/C20H22FNO2/c21-17-9-4-7-15(11-17)19(23)12-20(24)22-13-16-8-3-6-14-5-1-2-10-18(14)16/h1-2,4-5,7,9-11,16,19,23H,3,6,8,12-13H2,(H,22,24). The molecule has 0 radical (unpaired) electrons. The zero-order valence-electron chi connectivity index (χ0n) is 13.5. The van der Waals surface area contributed by atoms with Gasteiger partial charge in [-0.25, -0.2) is 4.39 Å². The van der Waals surface area contributed by atoms with E-state index in [0.29, 0.717) is 18.0 Å². The average molecular weight is 327 g/mol. The van der Waals surface area contributed by atoms with E-state index in [2.05, 4.69) is 23.5 Å². The number of rotatable bonds is 5. The van der Waals surface area contributed by atoms with Crippen LogP contribution in [0.5, 0.6) is 0 Å². The molecule has 24 heavy (non-hydrogen) atoms. The summed E-state index contributed by atoms with van der Waals surface area (Å²) < 4.78 is 13.2. The zero-order chi connectivity index (χ0) is 16.9. The predicted molar refractivity (Wildman–Crippen MR) is 91.1 cm³/mol. The lowest BCUT2D eigenvalue weighted by molar-refractivity contribution is -0.123. The molecule has 0 aromatic heterocycles. The number of carbonyl (C=O) groups is 1. The molecule has 3 nitrogen and oxygen atoms in total. The minimum absolute atomic E-state index is 0.0577. The van der Waals surface area contributed by atoms with E-state index in [1.807, 2.05) is 6.07 Å². The zero-order valence-corrected chi connectivity index (χ0v) is 13.5. The summed E-state index contributed by atoms with van der Waals surface area (Å²) >= 11 is 0. The summed E-state index contributed by atoms with van der Waals surface area (Å²) in [5.41, 5.74) is 3.10. The fourth-order valence-electron chi connectivity index (χ4n) is 3.38.